The number of hydrogen-bond donors (Lipinski definition) is 1. The van der Waals surface area contributed by atoms with Gasteiger partial charge in [0.15, 0.2) is 0 Å². The lowest BCUT2D eigenvalue weighted by atomic mass is 10.0. The summed E-state index contributed by atoms with van der Waals surface area (Å²) in [6.45, 7) is 9.55. The number of aryl methyl sites for hydroxylation is 2. The van der Waals surface area contributed by atoms with Gasteiger partial charge in [-0.15, -0.1) is 0 Å². The molecule has 5 nitrogen and oxygen atoms in total. The summed E-state index contributed by atoms with van der Waals surface area (Å²) in [5, 5.41) is 3.61. The summed E-state index contributed by atoms with van der Waals surface area (Å²) >= 11 is 0. The van der Waals surface area contributed by atoms with Gasteiger partial charge in [-0.2, -0.15) is 0 Å². The van der Waals surface area contributed by atoms with Crippen molar-refractivity contribution in [1.82, 2.24) is 19.8 Å². The van der Waals surface area contributed by atoms with Crippen molar-refractivity contribution in [3.8, 4) is 0 Å². The molecule has 5 heteroatoms. The van der Waals surface area contributed by atoms with Crippen LogP contribution in [0.2, 0.25) is 0 Å². The average Bonchev–Trinajstić information content (AvgIpc) is 2.89. The van der Waals surface area contributed by atoms with Crippen LogP contribution in [0, 0.1) is 0 Å². The second-order valence-electron chi connectivity index (χ2n) is 5.87. The molecule has 1 aromatic heterocycles. The lowest BCUT2D eigenvalue weighted by molar-refractivity contribution is -0.0473. The number of likely N-dealkylation sites (N-methyl/N-ethyl adjacent to an activating group) is 1. The van der Waals surface area contributed by atoms with Crippen molar-refractivity contribution in [2.45, 2.75) is 45.3 Å². The van der Waals surface area contributed by atoms with Crippen molar-refractivity contribution in [2.75, 3.05) is 32.8 Å². The van der Waals surface area contributed by atoms with Crippen molar-refractivity contribution < 1.29 is 4.74 Å². The van der Waals surface area contributed by atoms with E-state index in [9.17, 15) is 0 Å². The van der Waals surface area contributed by atoms with Crippen LogP contribution < -0.4 is 5.32 Å². The summed E-state index contributed by atoms with van der Waals surface area (Å²) < 4.78 is 8.14. The van der Waals surface area contributed by atoms with Gasteiger partial charge in [0.05, 0.1) is 12.7 Å². The second-order valence-corrected chi connectivity index (χ2v) is 5.87. The molecule has 1 fully saturated rings. The van der Waals surface area contributed by atoms with Crippen LogP contribution in [0.15, 0.2) is 12.4 Å². The van der Waals surface area contributed by atoms with Gasteiger partial charge in [-0.05, 0) is 25.9 Å². The Kier molecular flexibility index (Phi) is 6.67. The molecule has 2 atom stereocenters. The van der Waals surface area contributed by atoms with E-state index in [-0.39, 0.29) is 0 Å². The Balaban J connectivity index is 1.89. The summed E-state index contributed by atoms with van der Waals surface area (Å²) in [5.74, 6) is 1.15. The van der Waals surface area contributed by atoms with Crippen molar-refractivity contribution >= 4 is 0 Å². The lowest BCUT2D eigenvalue weighted by Crippen LogP contribution is -2.52. The van der Waals surface area contributed by atoms with Crippen LogP contribution in [-0.4, -0.2) is 59.4 Å². The van der Waals surface area contributed by atoms with E-state index in [0.29, 0.717) is 12.1 Å². The average molecular weight is 294 g/mol. The Morgan fingerprint density at radius 2 is 2.33 bits per heavy atom. The Bertz CT molecular complexity index is 405. The molecule has 2 rings (SSSR count). The molecule has 2 unspecified atom stereocenters. The fourth-order valence-electron chi connectivity index (χ4n) is 3.10. The van der Waals surface area contributed by atoms with Crippen LogP contribution >= 0.6 is 0 Å². The minimum atomic E-state index is 0.297. The number of morpholine rings is 1. The van der Waals surface area contributed by atoms with Gasteiger partial charge in [-0.25, -0.2) is 4.98 Å². The largest absolute Gasteiger partial charge is 0.374 e. The molecule has 0 aliphatic carbocycles. The third kappa shape index (κ3) is 4.80. The van der Waals surface area contributed by atoms with Crippen LogP contribution in [0.5, 0.6) is 0 Å². The van der Waals surface area contributed by atoms with Gasteiger partial charge in [0, 0.05) is 45.0 Å². The first-order valence-electron chi connectivity index (χ1n) is 8.28. The number of aromatic nitrogens is 2. The molecule has 1 aliphatic rings. The normalized spacial score (nSPS) is 21.6. The molecule has 0 radical (unpaired) electrons. The van der Waals surface area contributed by atoms with Crippen LogP contribution in [0.4, 0.5) is 0 Å². The van der Waals surface area contributed by atoms with Crippen LogP contribution in [-0.2, 0) is 18.2 Å². The monoisotopic (exact) mass is 294 g/mol. The molecule has 0 saturated carbocycles. The topological polar surface area (TPSA) is 42.3 Å². The quantitative estimate of drug-likeness (QED) is 0.788. The van der Waals surface area contributed by atoms with Crippen molar-refractivity contribution in [1.29, 1.82) is 0 Å². The molecule has 1 aliphatic heterocycles. The maximum atomic E-state index is 6.04. The van der Waals surface area contributed by atoms with E-state index in [4.69, 9.17) is 4.74 Å². The number of nitrogens with zero attached hydrogens (tertiary/aromatic N) is 3. The molecular weight excluding hydrogens is 264 g/mol. The predicted molar refractivity (Wildman–Crippen MR) is 85.5 cm³/mol. The third-order valence-corrected chi connectivity index (χ3v) is 4.23. The number of rotatable bonds is 8. The summed E-state index contributed by atoms with van der Waals surface area (Å²) in [5.41, 5.74) is 0. The Labute approximate surface area is 128 Å². The summed E-state index contributed by atoms with van der Waals surface area (Å²) in [6.07, 6.45) is 7.46. The molecule has 120 valence electrons. The Hall–Kier alpha value is -0.910. The van der Waals surface area contributed by atoms with Gasteiger partial charge in [0.25, 0.3) is 0 Å². The van der Waals surface area contributed by atoms with Crippen LogP contribution in [0.25, 0.3) is 0 Å². The second kappa shape index (κ2) is 8.51. The highest BCUT2D eigenvalue weighted by molar-refractivity contribution is 4.93. The molecule has 0 aromatic carbocycles. The molecule has 0 spiro atoms. The van der Waals surface area contributed by atoms with Crippen LogP contribution in [0.1, 0.15) is 32.5 Å². The molecule has 1 saturated heterocycles. The number of nitrogens with one attached hydrogen (secondary N) is 1. The molecule has 2 heterocycles. The SMILES string of the molecule is CCCN1CCOC(C(CCc2nccn2C)NCC)C1. The summed E-state index contributed by atoms with van der Waals surface area (Å²) in [4.78, 5) is 6.95. The van der Waals surface area contributed by atoms with Gasteiger partial charge in [-0.3, -0.25) is 4.90 Å². The highest BCUT2D eigenvalue weighted by Crippen LogP contribution is 2.14. The van der Waals surface area contributed by atoms with Gasteiger partial charge in [-0.1, -0.05) is 13.8 Å². The first-order valence-corrected chi connectivity index (χ1v) is 8.28. The zero-order valence-corrected chi connectivity index (χ0v) is 13.7. The zero-order valence-electron chi connectivity index (χ0n) is 13.7. The number of hydrogen-bond acceptors (Lipinski definition) is 4. The third-order valence-electron chi connectivity index (χ3n) is 4.23. The van der Waals surface area contributed by atoms with E-state index in [1.807, 2.05) is 12.4 Å². The fraction of sp³-hybridized carbons (Fsp3) is 0.812. The molecule has 1 N–H and O–H groups in total. The van der Waals surface area contributed by atoms with Gasteiger partial charge >= 0.3 is 0 Å². The van der Waals surface area contributed by atoms with E-state index in [0.717, 1.165) is 44.9 Å². The smallest absolute Gasteiger partial charge is 0.108 e. The lowest BCUT2D eigenvalue weighted by Gasteiger charge is -2.37. The predicted octanol–water partition coefficient (Wildman–Crippen LogP) is 1.44. The summed E-state index contributed by atoms with van der Waals surface area (Å²) in [7, 11) is 2.06. The molecule has 0 amide bonds. The first kappa shape index (κ1) is 16.5. The molecular formula is C16H30N4O. The van der Waals surface area contributed by atoms with Gasteiger partial charge < -0.3 is 14.6 Å². The van der Waals surface area contributed by atoms with E-state index >= 15 is 0 Å². The van der Waals surface area contributed by atoms with E-state index in [1.54, 1.807) is 0 Å². The van der Waals surface area contributed by atoms with E-state index in [1.165, 1.54) is 13.0 Å². The van der Waals surface area contributed by atoms with Gasteiger partial charge in [0.1, 0.15) is 5.82 Å². The van der Waals surface area contributed by atoms with Crippen molar-refractivity contribution in [2.24, 2.45) is 7.05 Å². The van der Waals surface area contributed by atoms with E-state index < -0.39 is 0 Å². The molecule has 1 aromatic rings. The summed E-state index contributed by atoms with van der Waals surface area (Å²) in [6, 6.07) is 0.409. The Morgan fingerprint density at radius 3 is 3.00 bits per heavy atom. The van der Waals surface area contributed by atoms with Gasteiger partial charge in [0.2, 0.25) is 0 Å². The maximum absolute atomic E-state index is 6.04. The number of imidazole rings is 1. The highest BCUT2D eigenvalue weighted by Gasteiger charge is 2.27. The number of ether oxygens (including phenoxy) is 1. The molecule has 21 heavy (non-hydrogen) atoms. The highest BCUT2D eigenvalue weighted by atomic mass is 16.5. The fourth-order valence-corrected chi connectivity index (χ4v) is 3.10. The minimum absolute atomic E-state index is 0.297. The Morgan fingerprint density at radius 1 is 1.48 bits per heavy atom. The molecule has 0 bridgehead atoms. The minimum Gasteiger partial charge on any atom is -0.374 e. The van der Waals surface area contributed by atoms with Crippen molar-refractivity contribution in [3.05, 3.63) is 18.2 Å². The zero-order chi connectivity index (χ0) is 15.1. The van der Waals surface area contributed by atoms with E-state index in [2.05, 4.69) is 40.7 Å². The van der Waals surface area contributed by atoms with Crippen molar-refractivity contribution in [3.63, 3.8) is 0 Å². The van der Waals surface area contributed by atoms with Crippen LogP contribution in [0.3, 0.4) is 0 Å². The standard InChI is InChI=1S/C16H30N4O/c1-4-9-20-11-12-21-15(13-20)14(17-5-2)6-7-16-18-8-10-19(16)3/h8,10,14-15,17H,4-7,9,11-13H2,1-3H3. The first-order chi connectivity index (χ1) is 10.2. The maximum Gasteiger partial charge on any atom is 0.108 e.